The van der Waals surface area contributed by atoms with E-state index in [2.05, 4.69) is 20.3 Å². The fourth-order valence-electron chi connectivity index (χ4n) is 1.57. The van der Waals surface area contributed by atoms with Gasteiger partial charge in [-0.15, -0.1) is 0 Å². The molecule has 0 saturated heterocycles. The third kappa shape index (κ3) is 1.78. The molecule has 3 rings (SSSR count). The van der Waals surface area contributed by atoms with Crippen molar-refractivity contribution in [3.8, 4) is 0 Å². The van der Waals surface area contributed by atoms with Crippen LogP contribution in [-0.4, -0.2) is 21.0 Å². The first-order valence-electron chi connectivity index (χ1n) is 5.16. The minimum Gasteiger partial charge on any atom is -0.384 e. The first-order chi connectivity index (χ1) is 7.31. The van der Waals surface area contributed by atoms with Crippen LogP contribution in [0.15, 0.2) is 12.1 Å². The minimum absolute atomic E-state index is 0.510. The molecule has 15 heavy (non-hydrogen) atoms. The van der Waals surface area contributed by atoms with E-state index in [-0.39, 0.29) is 0 Å². The number of nitrogens with one attached hydrogen (secondary N) is 2. The summed E-state index contributed by atoms with van der Waals surface area (Å²) in [5.41, 5.74) is 7.22. The monoisotopic (exact) mass is 203 g/mol. The predicted molar refractivity (Wildman–Crippen MR) is 58.2 cm³/mol. The average molecular weight is 203 g/mol. The maximum atomic E-state index is 5.58. The van der Waals surface area contributed by atoms with E-state index in [0.29, 0.717) is 17.5 Å². The Labute approximate surface area is 87.1 Å². The molecule has 4 N–H and O–H groups in total. The second-order valence-corrected chi connectivity index (χ2v) is 3.95. The van der Waals surface area contributed by atoms with E-state index in [0.717, 1.165) is 17.9 Å². The van der Waals surface area contributed by atoms with Gasteiger partial charge < -0.3 is 16.0 Å². The zero-order valence-electron chi connectivity index (χ0n) is 8.33. The summed E-state index contributed by atoms with van der Waals surface area (Å²) in [6, 6.07) is 4.38. The smallest absolute Gasteiger partial charge is 0.179 e. The molecule has 0 aromatic carbocycles. The Morgan fingerprint density at radius 1 is 1.40 bits per heavy atom. The second kappa shape index (κ2) is 3.20. The number of hydrogen-bond acceptors (Lipinski definition) is 4. The highest BCUT2D eigenvalue weighted by Gasteiger charge is 2.20. The molecule has 0 aliphatic heterocycles. The molecule has 1 fully saturated rings. The number of nitrogen functional groups attached to an aromatic ring is 1. The van der Waals surface area contributed by atoms with Crippen molar-refractivity contribution in [2.75, 3.05) is 5.73 Å². The molecule has 0 spiro atoms. The SMILES string of the molecule is Nc1ccc2[nH]c(CNC3CC3)nc2n1. The van der Waals surface area contributed by atoms with Gasteiger partial charge in [0.05, 0.1) is 12.1 Å². The molecule has 2 aromatic heterocycles. The number of pyridine rings is 1. The average Bonchev–Trinajstić information content (AvgIpc) is 2.95. The number of aromatic amines is 1. The Bertz CT molecular complexity index is 486. The van der Waals surface area contributed by atoms with E-state index in [4.69, 9.17) is 5.73 Å². The molecular weight excluding hydrogens is 190 g/mol. The summed E-state index contributed by atoms with van der Waals surface area (Å²) in [5.74, 6) is 1.44. The lowest BCUT2D eigenvalue weighted by atomic mass is 10.4. The van der Waals surface area contributed by atoms with Gasteiger partial charge in [-0.3, -0.25) is 0 Å². The summed E-state index contributed by atoms with van der Waals surface area (Å²) in [4.78, 5) is 11.7. The van der Waals surface area contributed by atoms with Crippen LogP contribution in [0.4, 0.5) is 5.82 Å². The van der Waals surface area contributed by atoms with Gasteiger partial charge in [0.2, 0.25) is 0 Å². The summed E-state index contributed by atoms with van der Waals surface area (Å²) < 4.78 is 0. The molecule has 5 nitrogen and oxygen atoms in total. The van der Waals surface area contributed by atoms with Gasteiger partial charge in [0.25, 0.3) is 0 Å². The number of nitrogens with zero attached hydrogens (tertiary/aromatic N) is 2. The summed E-state index contributed by atoms with van der Waals surface area (Å²) in [5, 5.41) is 3.40. The number of aromatic nitrogens is 3. The van der Waals surface area contributed by atoms with E-state index in [1.165, 1.54) is 12.8 Å². The van der Waals surface area contributed by atoms with Crippen molar-refractivity contribution in [1.29, 1.82) is 0 Å². The van der Waals surface area contributed by atoms with Gasteiger partial charge in [0.15, 0.2) is 5.65 Å². The highest BCUT2D eigenvalue weighted by Crippen LogP contribution is 2.19. The zero-order valence-corrected chi connectivity index (χ0v) is 8.33. The van der Waals surface area contributed by atoms with Crippen LogP contribution in [0.5, 0.6) is 0 Å². The molecule has 78 valence electrons. The lowest BCUT2D eigenvalue weighted by Gasteiger charge is -1.96. The van der Waals surface area contributed by atoms with Crippen molar-refractivity contribution in [2.24, 2.45) is 0 Å². The van der Waals surface area contributed by atoms with Crippen molar-refractivity contribution in [2.45, 2.75) is 25.4 Å². The lowest BCUT2D eigenvalue weighted by Crippen LogP contribution is -2.16. The fourth-order valence-corrected chi connectivity index (χ4v) is 1.57. The summed E-state index contributed by atoms with van der Waals surface area (Å²) in [6.07, 6.45) is 2.57. The molecule has 0 radical (unpaired) electrons. The van der Waals surface area contributed by atoms with Gasteiger partial charge in [-0.25, -0.2) is 9.97 Å². The molecule has 2 heterocycles. The number of rotatable bonds is 3. The Kier molecular flexibility index (Phi) is 1.85. The van der Waals surface area contributed by atoms with E-state index in [1.807, 2.05) is 6.07 Å². The topological polar surface area (TPSA) is 79.6 Å². The third-order valence-electron chi connectivity index (χ3n) is 2.55. The van der Waals surface area contributed by atoms with Gasteiger partial charge in [-0.1, -0.05) is 0 Å². The summed E-state index contributed by atoms with van der Waals surface area (Å²) in [6.45, 7) is 0.779. The van der Waals surface area contributed by atoms with Crippen LogP contribution < -0.4 is 11.1 Å². The molecule has 0 unspecified atom stereocenters. The van der Waals surface area contributed by atoms with Crippen LogP contribution in [0.3, 0.4) is 0 Å². The normalized spacial score (nSPS) is 16.0. The van der Waals surface area contributed by atoms with Crippen LogP contribution in [0.25, 0.3) is 11.2 Å². The molecule has 0 amide bonds. The highest BCUT2D eigenvalue weighted by atomic mass is 15.1. The minimum atomic E-state index is 0.510. The highest BCUT2D eigenvalue weighted by molar-refractivity contribution is 5.72. The van der Waals surface area contributed by atoms with E-state index >= 15 is 0 Å². The number of fused-ring (bicyclic) bond motifs is 1. The van der Waals surface area contributed by atoms with Crippen LogP contribution in [0.2, 0.25) is 0 Å². The first kappa shape index (κ1) is 8.67. The van der Waals surface area contributed by atoms with Gasteiger partial charge in [-0.2, -0.15) is 0 Å². The van der Waals surface area contributed by atoms with Gasteiger partial charge >= 0.3 is 0 Å². The van der Waals surface area contributed by atoms with Crippen LogP contribution in [0.1, 0.15) is 18.7 Å². The van der Waals surface area contributed by atoms with Gasteiger partial charge in [-0.05, 0) is 25.0 Å². The first-order valence-corrected chi connectivity index (χ1v) is 5.16. The van der Waals surface area contributed by atoms with E-state index < -0.39 is 0 Å². The van der Waals surface area contributed by atoms with E-state index in [1.54, 1.807) is 6.07 Å². The summed E-state index contributed by atoms with van der Waals surface area (Å²) in [7, 11) is 0. The predicted octanol–water partition coefficient (Wildman–Crippen LogP) is 0.792. The molecule has 5 heteroatoms. The van der Waals surface area contributed by atoms with Crippen molar-refractivity contribution >= 4 is 17.0 Å². The largest absolute Gasteiger partial charge is 0.384 e. The molecule has 2 aromatic rings. The zero-order chi connectivity index (χ0) is 10.3. The lowest BCUT2D eigenvalue weighted by molar-refractivity contribution is 0.665. The number of anilines is 1. The second-order valence-electron chi connectivity index (χ2n) is 3.95. The molecule has 0 atom stereocenters. The standard InChI is InChI=1S/C10H13N5/c11-8-4-3-7-10(14-8)15-9(13-7)5-12-6-1-2-6/h3-4,6,12H,1-2,5H2,(H3,11,13,14,15). The van der Waals surface area contributed by atoms with Crippen molar-refractivity contribution < 1.29 is 0 Å². The van der Waals surface area contributed by atoms with E-state index in [9.17, 15) is 0 Å². The fraction of sp³-hybridized carbons (Fsp3) is 0.400. The van der Waals surface area contributed by atoms with Crippen LogP contribution in [-0.2, 0) is 6.54 Å². The van der Waals surface area contributed by atoms with Crippen molar-refractivity contribution in [3.05, 3.63) is 18.0 Å². The van der Waals surface area contributed by atoms with Crippen molar-refractivity contribution in [3.63, 3.8) is 0 Å². The molecule has 1 saturated carbocycles. The number of nitrogens with two attached hydrogens (primary N) is 1. The number of H-pyrrole nitrogens is 1. The maximum Gasteiger partial charge on any atom is 0.179 e. The Hall–Kier alpha value is -1.62. The molecule has 1 aliphatic carbocycles. The van der Waals surface area contributed by atoms with Gasteiger partial charge in [0, 0.05) is 6.04 Å². The number of imidazole rings is 1. The Balaban J connectivity index is 1.84. The third-order valence-corrected chi connectivity index (χ3v) is 2.55. The maximum absolute atomic E-state index is 5.58. The molecular formula is C10H13N5. The van der Waals surface area contributed by atoms with Crippen molar-refractivity contribution in [1.82, 2.24) is 20.3 Å². The van der Waals surface area contributed by atoms with Crippen LogP contribution in [0, 0.1) is 0 Å². The number of hydrogen-bond donors (Lipinski definition) is 3. The molecule has 1 aliphatic rings. The quantitative estimate of drug-likeness (QED) is 0.689. The van der Waals surface area contributed by atoms with Crippen LogP contribution >= 0.6 is 0 Å². The summed E-state index contributed by atoms with van der Waals surface area (Å²) >= 11 is 0. The van der Waals surface area contributed by atoms with Gasteiger partial charge in [0.1, 0.15) is 11.6 Å². The molecule has 0 bridgehead atoms. The Morgan fingerprint density at radius 2 is 2.27 bits per heavy atom. The Morgan fingerprint density at radius 3 is 3.07 bits per heavy atom.